The van der Waals surface area contributed by atoms with Gasteiger partial charge in [-0.2, -0.15) is 13.2 Å². The molecule has 1 aliphatic rings. The van der Waals surface area contributed by atoms with Crippen molar-refractivity contribution >= 4 is 29.2 Å². The van der Waals surface area contributed by atoms with Crippen LogP contribution in [0.4, 0.5) is 18.9 Å². The number of likely N-dealkylation sites (tertiary alicyclic amines) is 1. The van der Waals surface area contributed by atoms with Crippen molar-refractivity contribution in [1.29, 1.82) is 0 Å². The number of nitrogens with zero attached hydrogens (tertiary/aromatic N) is 1. The smallest absolute Gasteiger partial charge is 0.393 e. The summed E-state index contributed by atoms with van der Waals surface area (Å²) in [4.78, 5) is 26.6. The average Bonchev–Trinajstić information content (AvgIpc) is 2.71. The number of hydrogen-bond acceptors (Lipinski definition) is 4. The number of anilines is 1. The highest BCUT2D eigenvalue weighted by Gasteiger charge is 2.47. The summed E-state index contributed by atoms with van der Waals surface area (Å²) in [7, 11) is 0. The Labute approximate surface area is 192 Å². The Morgan fingerprint density at radius 2 is 1.88 bits per heavy atom. The van der Waals surface area contributed by atoms with Gasteiger partial charge in [0, 0.05) is 0 Å². The standard InChI is InChI=1S/C23H32ClF3N2O3/c1-5-32-22(31)15(3)12-17-6-7-18(24)19(13-17)28-21(30)20(16(4)23(25,26)27)29-10-8-14(2)9-11-29/h6-7,13-16,20H,5,8-12H2,1-4H3,(H,28,30)/t15-,16+,20+/m0/s1. The second kappa shape index (κ2) is 11.4. The fraction of sp³-hybridized carbons (Fsp3) is 0.652. The number of carbonyl (C=O) groups excluding carboxylic acids is 2. The Hall–Kier alpha value is -1.80. The van der Waals surface area contributed by atoms with Gasteiger partial charge in [-0.1, -0.05) is 38.4 Å². The third-order valence-electron chi connectivity index (χ3n) is 5.99. The molecule has 1 fully saturated rings. The molecule has 5 nitrogen and oxygen atoms in total. The van der Waals surface area contributed by atoms with E-state index in [2.05, 4.69) is 12.2 Å². The van der Waals surface area contributed by atoms with Crippen LogP contribution >= 0.6 is 11.6 Å². The Balaban J connectivity index is 2.22. The van der Waals surface area contributed by atoms with E-state index in [0.717, 1.165) is 25.3 Å². The summed E-state index contributed by atoms with van der Waals surface area (Å²) in [5.74, 6) is -2.90. The van der Waals surface area contributed by atoms with E-state index in [1.807, 2.05) is 0 Å². The predicted molar refractivity (Wildman–Crippen MR) is 119 cm³/mol. The highest BCUT2D eigenvalue weighted by molar-refractivity contribution is 6.33. The Morgan fingerprint density at radius 3 is 2.44 bits per heavy atom. The largest absolute Gasteiger partial charge is 0.466 e. The number of halogens is 4. The summed E-state index contributed by atoms with van der Waals surface area (Å²) in [6, 6.07) is 3.54. The number of alkyl halides is 3. The fourth-order valence-electron chi connectivity index (χ4n) is 3.92. The first-order valence-corrected chi connectivity index (χ1v) is 11.4. The van der Waals surface area contributed by atoms with Crippen LogP contribution in [-0.2, 0) is 20.7 Å². The molecule has 0 saturated carbocycles. The van der Waals surface area contributed by atoms with Crippen LogP contribution in [-0.4, -0.2) is 48.7 Å². The van der Waals surface area contributed by atoms with Crippen LogP contribution < -0.4 is 5.32 Å². The van der Waals surface area contributed by atoms with Gasteiger partial charge in [0.05, 0.1) is 29.2 Å². The molecule has 0 aliphatic carbocycles. The molecule has 1 aromatic carbocycles. The molecule has 1 amide bonds. The molecule has 9 heteroatoms. The Bertz CT molecular complexity index is 795. The molecule has 0 spiro atoms. The average molecular weight is 477 g/mol. The zero-order chi connectivity index (χ0) is 24.1. The third-order valence-corrected chi connectivity index (χ3v) is 6.32. The first-order chi connectivity index (χ1) is 14.9. The van der Waals surface area contributed by atoms with Crippen molar-refractivity contribution in [2.24, 2.45) is 17.8 Å². The van der Waals surface area contributed by atoms with Crippen molar-refractivity contribution in [3.63, 3.8) is 0 Å². The number of esters is 1. The quantitative estimate of drug-likeness (QED) is 0.516. The van der Waals surface area contributed by atoms with Gasteiger partial charge < -0.3 is 10.1 Å². The maximum absolute atomic E-state index is 13.6. The zero-order valence-corrected chi connectivity index (χ0v) is 19.7. The lowest BCUT2D eigenvalue weighted by molar-refractivity contribution is -0.189. The summed E-state index contributed by atoms with van der Waals surface area (Å²) >= 11 is 6.23. The zero-order valence-electron chi connectivity index (χ0n) is 19.0. The first kappa shape index (κ1) is 26.5. The van der Waals surface area contributed by atoms with Crippen molar-refractivity contribution < 1.29 is 27.5 Å². The van der Waals surface area contributed by atoms with E-state index in [4.69, 9.17) is 16.3 Å². The monoisotopic (exact) mass is 476 g/mol. The van der Waals surface area contributed by atoms with Gasteiger partial charge in [0.1, 0.15) is 6.04 Å². The molecule has 1 N–H and O–H groups in total. The Kier molecular flexibility index (Phi) is 9.40. The molecule has 1 heterocycles. The molecule has 1 aromatic rings. The maximum atomic E-state index is 13.6. The topological polar surface area (TPSA) is 58.6 Å². The Morgan fingerprint density at radius 1 is 1.25 bits per heavy atom. The van der Waals surface area contributed by atoms with E-state index in [9.17, 15) is 22.8 Å². The second-order valence-electron chi connectivity index (χ2n) is 8.65. The van der Waals surface area contributed by atoms with Crippen molar-refractivity contribution in [3.05, 3.63) is 28.8 Å². The summed E-state index contributed by atoms with van der Waals surface area (Å²) in [5, 5.41) is 2.83. The second-order valence-corrected chi connectivity index (χ2v) is 9.06. The lowest BCUT2D eigenvalue weighted by Crippen LogP contribution is -2.54. The molecular weight excluding hydrogens is 445 g/mol. The highest BCUT2D eigenvalue weighted by Crippen LogP contribution is 2.34. The first-order valence-electron chi connectivity index (χ1n) is 11.0. The van der Waals surface area contributed by atoms with E-state index in [1.165, 1.54) is 0 Å². The molecule has 3 atom stereocenters. The van der Waals surface area contributed by atoms with Crippen molar-refractivity contribution in [2.75, 3.05) is 25.0 Å². The van der Waals surface area contributed by atoms with Gasteiger partial charge >= 0.3 is 12.1 Å². The van der Waals surface area contributed by atoms with Crippen molar-refractivity contribution in [1.82, 2.24) is 4.90 Å². The summed E-state index contributed by atoms with van der Waals surface area (Å²) in [6.07, 6.45) is -2.66. The van der Waals surface area contributed by atoms with Crippen molar-refractivity contribution in [2.45, 2.75) is 59.2 Å². The number of carbonyl (C=O) groups is 2. The molecular formula is C23H32ClF3N2O3. The number of benzene rings is 1. The van der Waals surface area contributed by atoms with Crippen LogP contribution in [0.2, 0.25) is 5.02 Å². The minimum atomic E-state index is -4.51. The number of rotatable bonds is 8. The van der Waals surface area contributed by atoms with Crippen LogP contribution in [0.15, 0.2) is 18.2 Å². The normalized spacial score (nSPS) is 18.6. The van der Waals surface area contributed by atoms with Crippen LogP contribution in [0, 0.1) is 17.8 Å². The fourth-order valence-corrected chi connectivity index (χ4v) is 4.08. The van der Waals surface area contributed by atoms with E-state index in [0.29, 0.717) is 25.4 Å². The third kappa shape index (κ3) is 7.10. The van der Waals surface area contributed by atoms with Crippen LogP contribution in [0.1, 0.15) is 46.1 Å². The van der Waals surface area contributed by atoms with Crippen LogP contribution in [0.25, 0.3) is 0 Å². The van der Waals surface area contributed by atoms with Gasteiger partial charge in [0.15, 0.2) is 0 Å². The minimum absolute atomic E-state index is 0.219. The highest BCUT2D eigenvalue weighted by atomic mass is 35.5. The molecule has 1 saturated heterocycles. The molecule has 0 bridgehead atoms. The molecule has 1 aliphatic heterocycles. The summed E-state index contributed by atoms with van der Waals surface area (Å²) < 4.78 is 45.7. The predicted octanol–water partition coefficient (Wildman–Crippen LogP) is 5.32. The SMILES string of the molecule is CCOC(=O)[C@@H](C)Cc1ccc(Cl)c(NC(=O)[C@@H]([C@@H](C)C(F)(F)F)N2CCC(C)CC2)c1. The number of hydrogen-bond donors (Lipinski definition) is 1. The van der Waals surface area contributed by atoms with E-state index in [1.54, 1.807) is 36.9 Å². The number of ether oxygens (including phenoxy) is 1. The van der Waals surface area contributed by atoms with Gasteiger partial charge in [0.25, 0.3) is 0 Å². The maximum Gasteiger partial charge on any atom is 0.393 e. The molecule has 32 heavy (non-hydrogen) atoms. The van der Waals surface area contributed by atoms with Crippen LogP contribution in [0.3, 0.4) is 0 Å². The van der Waals surface area contributed by atoms with E-state index < -0.39 is 30.0 Å². The molecule has 2 rings (SSSR count). The van der Waals surface area contributed by atoms with Gasteiger partial charge in [0.2, 0.25) is 5.91 Å². The minimum Gasteiger partial charge on any atom is -0.466 e. The lowest BCUT2D eigenvalue weighted by Gasteiger charge is -2.39. The molecule has 0 radical (unpaired) electrons. The molecule has 0 aromatic heterocycles. The lowest BCUT2D eigenvalue weighted by atomic mass is 9.92. The number of nitrogens with one attached hydrogen (secondary N) is 1. The van der Waals surface area contributed by atoms with Crippen molar-refractivity contribution in [3.8, 4) is 0 Å². The summed E-state index contributed by atoms with van der Waals surface area (Å²) in [6.45, 7) is 7.70. The van der Waals surface area contributed by atoms with E-state index >= 15 is 0 Å². The number of amides is 1. The number of piperidine rings is 1. The van der Waals surface area contributed by atoms with Gasteiger partial charge in [-0.05, 0) is 62.9 Å². The molecule has 180 valence electrons. The molecule has 0 unspecified atom stereocenters. The van der Waals surface area contributed by atoms with Gasteiger partial charge in [-0.15, -0.1) is 0 Å². The summed E-state index contributed by atoms with van der Waals surface area (Å²) in [5.41, 5.74) is 0.951. The van der Waals surface area contributed by atoms with E-state index in [-0.39, 0.29) is 23.3 Å². The van der Waals surface area contributed by atoms with Gasteiger partial charge in [-0.3, -0.25) is 14.5 Å². The van der Waals surface area contributed by atoms with Gasteiger partial charge in [-0.25, -0.2) is 0 Å². The van der Waals surface area contributed by atoms with Crippen LogP contribution in [0.5, 0.6) is 0 Å².